The molecule has 1 N–H and O–H groups in total. The van der Waals surface area contributed by atoms with Gasteiger partial charge in [0, 0.05) is 44.7 Å². The number of nitrogens with zero attached hydrogens (tertiary/aromatic N) is 6. The summed E-state index contributed by atoms with van der Waals surface area (Å²) in [4.78, 5) is 44.5. The van der Waals surface area contributed by atoms with Crippen LogP contribution in [-0.4, -0.2) is 93.9 Å². The number of nitrogens with one attached hydrogen (secondary N) is 1. The average molecular weight is 562 g/mol. The van der Waals surface area contributed by atoms with Crippen LogP contribution in [-0.2, 0) is 14.3 Å². The van der Waals surface area contributed by atoms with Crippen LogP contribution in [0.15, 0.2) is 49.1 Å². The van der Waals surface area contributed by atoms with E-state index in [0.717, 1.165) is 12.1 Å². The van der Waals surface area contributed by atoms with Crippen molar-refractivity contribution in [1.82, 2.24) is 29.7 Å². The lowest BCUT2D eigenvalue weighted by molar-refractivity contribution is -0.148. The van der Waals surface area contributed by atoms with E-state index in [4.69, 9.17) is 24.2 Å². The monoisotopic (exact) mass is 561 g/mol. The van der Waals surface area contributed by atoms with E-state index >= 15 is 0 Å². The number of hydrogen-bond acceptors (Lipinski definition) is 9. The zero-order valence-corrected chi connectivity index (χ0v) is 23.3. The van der Waals surface area contributed by atoms with Gasteiger partial charge in [-0.1, -0.05) is 26.0 Å². The van der Waals surface area contributed by atoms with E-state index < -0.39 is 12.1 Å². The van der Waals surface area contributed by atoms with Crippen LogP contribution in [0.2, 0.25) is 0 Å². The quantitative estimate of drug-likeness (QED) is 0.461. The van der Waals surface area contributed by atoms with E-state index in [1.54, 1.807) is 28.2 Å². The smallest absolute Gasteiger partial charge is 0.252 e. The highest BCUT2D eigenvalue weighted by molar-refractivity contribution is 5.90. The Labute approximate surface area is 238 Å². The van der Waals surface area contributed by atoms with Crippen molar-refractivity contribution in [3.8, 4) is 17.4 Å². The fourth-order valence-electron chi connectivity index (χ4n) is 5.32. The molecule has 12 heteroatoms. The van der Waals surface area contributed by atoms with Crippen molar-refractivity contribution in [2.45, 2.75) is 50.9 Å². The number of piperazine rings is 1. The third-order valence-electron chi connectivity index (χ3n) is 7.61. The van der Waals surface area contributed by atoms with Gasteiger partial charge in [0.1, 0.15) is 37.0 Å². The Hall–Kier alpha value is -4.19. The Bertz CT molecular complexity index is 1380. The van der Waals surface area contributed by atoms with Gasteiger partial charge < -0.3 is 29.3 Å². The van der Waals surface area contributed by atoms with Gasteiger partial charge in [-0.15, -0.1) is 0 Å². The molecule has 0 bridgehead atoms. The molecule has 0 aliphatic carbocycles. The van der Waals surface area contributed by atoms with E-state index in [2.05, 4.69) is 24.1 Å². The number of amides is 2. The summed E-state index contributed by atoms with van der Waals surface area (Å²) in [6.45, 7) is 6.47. The number of carbonyl (C=O) groups excluding carboxylic acids is 2. The Balaban J connectivity index is 1.21. The minimum Gasteiger partial charge on any atom is -0.486 e. The number of benzene rings is 1. The van der Waals surface area contributed by atoms with Crippen LogP contribution in [0.4, 0.5) is 5.82 Å². The molecule has 12 nitrogen and oxygen atoms in total. The summed E-state index contributed by atoms with van der Waals surface area (Å²) in [7, 11) is 0. The van der Waals surface area contributed by atoms with Crippen LogP contribution in [0.25, 0.3) is 5.95 Å². The number of hydrogen-bond donors (Lipinski definition) is 1. The molecule has 3 aliphatic rings. The molecule has 1 aromatic carbocycles. The Morgan fingerprint density at radius 3 is 2.76 bits per heavy atom. The molecular formula is C29H35N7O5. The van der Waals surface area contributed by atoms with Crippen LogP contribution in [0.3, 0.4) is 0 Å². The molecule has 6 rings (SSSR count). The first-order valence-corrected chi connectivity index (χ1v) is 14.2. The zero-order valence-electron chi connectivity index (χ0n) is 23.3. The minimum atomic E-state index is -0.730. The summed E-state index contributed by atoms with van der Waals surface area (Å²) < 4.78 is 19.3. The van der Waals surface area contributed by atoms with Crippen molar-refractivity contribution >= 4 is 17.6 Å². The van der Waals surface area contributed by atoms with Crippen LogP contribution in [0.5, 0.6) is 11.5 Å². The number of anilines is 1. The van der Waals surface area contributed by atoms with E-state index in [9.17, 15) is 9.59 Å². The SMILES string of the molecule is CC(C)c1cc(N2CCN(C(=O)C3CCCO3)C(C(=O)NCC3COc4ccccc4O3)C2)nc(-n2ccnc2)n1. The van der Waals surface area contributed by atoms with E-state index in [1.807, 2.05) is 35.2 Å². The molecule has 3 atom stereocenters. The number of para-hydroxylation sites is 2. The molecule has 2 fully saturated rings. The largest absolute Gasteiger partial charge is 0.486 e. The van der Waals surface area contributed by atoms with Gasteiger partial charge >= 0.3 is 0 Å². The molecule has 3 unspecified atom stereocenters. The van der Waals surface area contributed by atoms with Gasteiger partial charge in [-0.3, -0.25) is 14.2 Å². The van der Waals surface area contributed by atoms with Gasteiger partial charge in [0.15, 0.2) is 11.5 Å². The molecule has 41 heavy (non-hydrogen) atoms. The predicted octanol–water partition coefficient (Wildman–Crippen LogP) is 1.94. The van der Waals surface area contributed by atoms with E-state index in [-0.39, 0.29) is 36.9 Å². The summed E-state index contributed by atoms with van der Waals surface area (Å²) in [6, 6.07) is 8.69. The van der Waals surface area contributed by atoms with E-state index in [1.165, 1.54) is 0 Å². The molecule has 2 aromatic heterocycles. The third-order valence-corrected chi connectivity index (χ3v) is 7.61. The molecule has 0 saturated carbocycles. The van der Waals surface area contributed by atoms with Crippen LogP contribution < -0.4 is 19.7 Å². The first-order valence-electron chi connectivity index (χ1n) is 14.2. The topological polar surface area (TPSA) is 124 Å². The van der Waals surface area contributed by atoms with Crippen molar-refractivity contribution in [3.05, 3.63) is 54.7 Å². The first kappa shape index (κ1) is 27.0. The summed E-state index contributed by atoms with van der Waals surface area (Å²) in [6.07, 6.45) is 5.79. The third kappa shape index (κ3) is 5.83. The van der Waals surface area contributed by atoms with Crippen LogP contribution in [0, 0.1) is 0 Å². The zero-order chi connectivity index (χ0) is 28.3. The Morgan fingerprint density at radius 2 is 2.00 bits per heavy atom. The maximum atomic E-state index is 13.7. The summed E-state index contributed by atoms with van der Waals surface area (Å²) in [5, 5.41) is 3.01. The van der Waals surface area contributed by atoms with Crippen molar-refractivity contribution in [2.75, 3.05) is 44.3 Å². The highest BCUT2D eigenvalue weighted by Gasteiger charge is 2.40. The number of rotatable bonds is 7. The van der Waals surface area contributed by atoms with Gasteiger partial charge in [-0.2, -0.15) is 4.98 Å². The second-order valence-electron chi connectivity index (χ2n) is 10.8. The number of carbonyl (C=O) groups is 2. The maximum Gasteiger partial charge on any atom is 0.252 e. The fourth-order valence-corrected chi connectivity index (χ4v) is 5.32. The van der Waals surface area contributed by atoms with Gasteiger partial charge in [0.05, 0.1) is 12.2 Å². The standard InChI is InChI=1S/C29H35N7O5/c1-19(2)21-14-26(33-29(32-21)35-10-9-30-18-35)34-11-12-36(28(38)25-8-5-13-39-25)22(16-34)27(37)31-15-20-17-40-23-6-3-4-7-24(23)41-20/h3-4,6-7,9-10,14,18-20,22,25H,5,8,11-13,15-17H2,1-2H3,(H,31,37). The summed E-state index contributed by atoms with van der Waals surface area (Å²) in [5.41, 5.74) is 0.882. The van der Waals surface area contributed by atoms with Crippen LogP contribution in [0.1, 0.15) is 38.3 Å². The summed E-state index contributed by atoms with van der Waals surface area (Å²) >= 11 is 0. The number of imidazole rings is 1. The van der Waals surface area contributed by atoms with Gasteiger partial charge in [0.2, 0.25) is 11.9 Å². The predicted molar refractivity (Wildman–Crippen MR) is 149 cm³/mol. The fraction of sp³-hybridized carbons (Fsp3) is 0.483. The molecule has 0 radical (unpaired) electrons. The molecule has 0 spiro atoms. The Kier molecular flexibility index (Phi) is 7.73. The molecule has 216 valence electrons. The van der Waals surface area contributed by atoms with Crippen molar-refractivity contribution in [2.24, 2.45) is 0 Å². The maximum absolute atomic E-state index is 13.7. The van der Waals surface area contributed by atoms with Gasteiger partial charge in [0.25, 0.3) is 5.91 Å². The molecular weight excluding hydrogens is 526 g/mol. The molecule has 5 heterocycles. The molecule has 3 aromatic rings. The lowest BCUT2D eigenvalue weighted by Crippen LogP contribution is -2.63. The number of ether oxygens (including phenoxy) is 3. The average Bonchev–Trinajstić information content (AvgIpc) is 3.74. The van der Waals surface area contributed by atoms with Crippen molar-refractivity contribution < 1.29 is 23.8 Å². The lowest BCUT2D eigenvalue weighted by atomic mass is 10.1. The molecule has 2 saturated heterocycles. The molecule has 3 aliphatic heterocycles. The lowest BCUT2D eigenvalue weighted by Gasteiger charge is -2.42. The number of aromatic nitrogens is 4. The van der Waals surface area contributed by atoms with Crippen LogP contribution >= 0.6 is 0 Å². The second kappa shape index (κ2) is 11.7. The second-order valence-corrected chi connectivity index (χ2v) is 10.8. The van der Waals surface area contributed by atoms with Crippen molar-refractivity contribution in [3.63, 3.8) is 0 Å². The highest BCUT2D eigenvalue weighted by Crippen LogP contribution is 2.31. The first-order chi connectivity index (χ1) is 20.0. The van der Waals surface area contributed by atoms with Gasteiger partial charge in [-0.25, -0.2) is 9.97 Å². The minimum absolute atomic E-state index is 0.141. The van der Waals surface area contributed by atoms with Crippen molar-refractivity contribution in [1.29, 1.82) is 0 Å². The Morgan fingerprint density at radius 1 is 1.15 bits per heavy atom. The van der Waals surface area contributed by atoms with Gasteiger partial charge in [-0.05, 0) is 30.9 Å². The normalized spacial score (nSPS) is 22.2. The highest BCUT2D eigenvalue weighted by atomic mass is 16.6. The summed E-state index contributed by atoms with van der Waals surface area (Å²) in [5.74, 6) is 2.33. The number of fused-ring (bicyclic) bond motifs is 1. The van der Waals surface area contributed by atoms with E-state index in [0.29, 0.717) is 56.0 Å². The molecule has 2 amide bonds.